The van der Waals surface area contributed by atoms with E-state index in [0.29, 0.717) is 33.3 Å². The lowest BCUT2D eigenvalue weighted by atomic mass is 9.87. The molecule has 1 aliphatic carbocycles. The van der Waals surface area contributed by atoms with E-state index in [2.05, 4.69) is 9.82 Å². The fourth-order valence-corrected chi connectivity index (χ4v) is 6.03. The number of hydrogen-bond acceptors (Lipinski definition) is 5. The van der Waals surface area contributed by atoms with Crippen LogP contribution < -0.4 is 4.72 Å². The van der Waals surface area contributed by atoms with Crippen molar-refractivity contribution >= 4 is 38.3 Å². The molecule has 7 nitrogen and oxygen atoms in total. The van der Waals surface area contributed by atoms with Crippen molar-refractivity contribution in [1.82, 2.24) is 9.78 Å². The third-order valence-electron chi connectivity index (χ3n) is 6.40. The molecule has 0 amide bonds. The second-order valence-corrected chi connectivity index (χ2v) is 10.4. The molecule has 6 rings (SSSR count). The first-order valence-corrected chi connectivity index (χ1v) is 12.8. The van der Waals surface area contributed by atoms with Gasteiger partial charge in [-0.25, -0.2) is 12.8 Å². The lowest BCUT2D eigenvalue weighted by Gasteiger charge is -2.14. The topological polar surface area (TPSA) is 98.1 Å². The summed E-state index contributed by atoms with van der Waals surface area (Å²) in [5.41, 5.74) is 2.86. The van der Waals surface area contributed by atoms with Gasteiger partial charge in [0.1, 0.15) is 11.5 Å². The zero-order valence-corrected chi connectivity index (χ0v) is 20.2. The number of carbonyl (C=O) groups is 2. The summed E-state index contributed by atoms with van der Waals surface area (Å²) in [6, 6.07) is 21.7. The smallest absolute Gasteiger partial charge is 0.280 e. The third kappa shape index (κ3) is 3.54. The summed E-state index contributed by atoms with van der Waals surface area (Å²) in [7, 11) is -4.13. The van der Waals surface area contributed by atoms with E-state index in [1.54, 1.807) is 54.6 Å². The molecule has 5 aromatic rings. The average Bonchev–Trinajstić information content (AvgIpc) is 3.27. The molecule has 0 radical (unpaired) electrons. The Bertz CT molecular complexity index is 1890. The highest BCUT2D eigenvalue weighted by Gasteiger charge is 2.30. The van der Waals surface area contributed by atoms with Gasteiger partial charge in [0.2, 0.25) is 0 Å². The van der Waals surface area contributed by atoms with Gasteiger partial charge in [0.05, 0.1) is 21.7 Å². The number of fused-ring (bicyclic) bond motifs is 2. The number of ketones is 1. The molecule has 37 heavy (non-hydrogen) atoms. The number of nitrogens with zero attached hydrogens (tertiary/aromatic N) is 2. The molecule has 1 aromatic heterocycles. The Morgan fingerprint density at radius 3 is 2.38 bits per heavy atom. The molecule has 1 N–H and O–H groups in total. The first-order valence-electron chi connectivity index (χ1n) is 11.3. The zero-order chi connectivity index (χ0) is 25.9. The van der Waals surface area contributed by atoms with E-state index in [0.717, 1.165) is 12.1 Å². The number of carbonyl (C=O) groups excluding carboxylic acids is 2. The molecule has 0 fully saturated rings. The maximum absolute atomic E-state index is 13.8. The first kappa shape index (κ1) is 22.8. The highest BCUT2D eigenvalue weighted by atomic mass is 32.2. The van der Waals surface area contributed by atoms with Gasteiger partial charge in [0.15, 0.2) is 5.78 Å². The largest absolute Gasteiger partial charge is 0.289 e. The Labute approximate surface area is 211 Å². The second kappa shape index (κ2) is 8.21. The molecule has 1 heterocycles. The van der Waals surface area contributed by atoms with E-state index in [4.69, 9.17) is 0 Å². The van der Waals surface area contributed by atoms with Crippen LogP contribution in [0.4, 0.5) is 10.1 Å². The van der Waals surface area contributed by atoms with Crippen LogP contribution >= 0.6 is 0 Å². The molecule has 1 aliphatic rings. The quantitative estimate of drug-likeness (QED) is 0.352. The van der Waals surface area contributed by atoms with E-state index >= 15 is 0 Å². The molecule has 0 unspecified atom stereocenters. The highest BCUT2D eigenvalue weighted by molar-refractivity contribution is 7.92. The number of halogens is 1. The van der Waals surface area contributed by atoms with Crippen molar-refractivity contribution in [2.75, 3.05) is 4.72 Å². The minimum atomic E-state index is -4.13. The van der Waals surface area contributed by atoms with Crippen LogP contribution in [0.2, 0.25) is 0 Å². The van der Waals surface area contributed by atoms with Crippen LogP contribution in [0.5, 0.6) is 0 Å². The number of rotatable bonds is 4. The molecule has 0 saturated heterocycles. The average molecular weight is 512 g/mol. The zero-order valence-electron chi connectivity index (χ0n) is 19.4. The molecule has 4 aromatic carbocycles. The first-order chi connectivity index (χ1) is 17.8. The van der Waals surface area contributed by atoms with Gasteiger partial charge in [0, 0.05) is 22.1 Å². The van der Waals surface area contributed by atoms with Crippen LogP contribution in [0.3, 0.4) is 0 Å². The summed E-state index contributed by atoms with van der Waals surface area (Å²) < 4.78 is 43.5. The standard InChI is InChI=1S/C28H18FN3O4S/c1-16-15-17(29)13-14-24(16)37(35,36)31-22-11-5-4-9-20(22)28(34)32-23-12-6-10-21-25(23)26(30-32)18-7-2-3-8-19(18)27(21)33/h2-15,31H,1H3. The number of nitrogens with one attached hydrogen (secondary N) is 1. The van der Waals surface area contributed by atoms with Gasteiger partial charge in [-0.1, -0.05) is 48.5 Å². The number of para-hydroxylation sites is 1. The normalized spacial score (nSPS) is 12.4. The number of aromatic nitrogens is 2. The summed E-state index contributed by atoms with van der Waals surface area (Å²) in [5.74, 6) is -1.27. The van der Waals surface area contributed by atoms with Crippen LogP contribution in [0.1, 0.15) is 31.8 Å². The summed E-state index contributed by atoms with van der Waals surface area (Å²) in [6.07, 6.45) is 0. The van der Waals surface area contributed by atoms with E-state index < -0.39 is 21.7 Å². The molecular formula is C28H18FN3O4S. The van der Waals surface area contributed by atoms with E-state index in [9.17, 15) is 22.4 Å². The van der Waals surface area contributed by atoms with Gasteiger partial charge in [0.25, 0.3) is 15.9 Å². The van der Waals surface area contributed by atoms with E-state index in [1.807, 2.05) is 0 Å². The molecule has 9 heteroatoms. The molecule has 0 aliphatic heterocycles. The molecule has 0 bridgehead atoms. The second-order valence-electron chi connectivity index (χ2n) is 8.70. The van der Waals surface area contributed by atoms with Crippen molar-refractivity contribution in [2.45, 2.75) is 11.8 Å². The van der Waals surface area contributed by atoms with E-state index in [1.165, 1.54) is 29.8 Å². The van der Waals surface area contributed by atoms with Crippen LogP contribution in [0.15, 0.2) is 89.8 Å². The Morgan fingerprint density at radius 2 is 1.59 bits per heavy atom. The summed E-state index contributed by atoms with van der Waals surface area (Å²) >= 11 is 0. The summed E-state index contributed by atoms with van der Waals surface area (Å²) in [6.45, 7) is 1.49. The number of sulfonamides is 1. The molecular weight excluding hydrogens is 493 g/mol. The molecule has 0 atom stereocenters. The monoisotopic (exact) mass is 511 g/mol. The van der Waals surface area contributed by atoms with Crippen LogP contribution in [0, 0.1) is 12.7 Å². The SMILES string of the molecule is Cc1cc(F)ccc1S(=O)(=O)Nc1ccccc1C(=O)n1nc2c3c(cccc31)C(=O)c1ccccc1-2. The fourth-order valence-electron chi connectivity index (χ4n) is 4.72. The van der Waals surface area contributed by atoms with Gasteiger partial charge in [-0.05, 0) is 48.9 Å². The van der Waals surface area contributed by atoms with Gasteiger partial charge in [-0.15, -0.1) is 0 Å². The number of anilines is 1. The molecule has 0 saturated carbocycles. The van der Waals surface area contributed by atoms with Crippen LogP contribution in [-0.2, 0) is 10.0 Å². The van der Waals surface area contributed by atoms with Crippen molar-refractivity contribution in [2.24, 2.45) is 0 Å². The predicted octanol–water partition coefficient (Wildman–Crippen LogP) is 5.18. The van der Waals surface area contributed by atoms with Crippen molar-refractivity contribution in [3.05, 3.63) is 113 Å². The van der Waals surface area contributed by atoms with Gasteiger partial charge < -0.3 is 0 Å². The molecule has 0 spiro atoms. The Morgan fingerprint density at radius 1 is 0.892 bits per heavy atom. The van der Waals surface area contributed by atoms with Gasteiger partial charge in [-0.2, -0.15) is 9.78 Å². The Hall–Kier alpha value is -4.63. The fraction of sp³-hybridized carbons (Fsp3) is 0.0357. The van der Waals surface area contributed by atoms with Gasteiger partial charge in [-0.3, -0.25) is 14.3 Å². The van der Waals surface area contributed by atoms with E-state index in [-0.39, 0.29) is 27.5 Å². The highest BCUT2D eigenvalue weighted by Crippen LogP contribution is 2.39. The number of hydrogen-bond donors (Lipinski definition) is 1. The molecule has 182 valence electrons. The predicted molar refractivity (Wildman–Crippen MR) is 137 cm³/mol. The van der Waals surface area contributed by atoms with Crippen molar-refractivity contribution in [3.8, 4) is 11.3 Å². The van der Waals surface area contributed by atoms with Crippen molar-refractivity contribution < 1.29 is 22.4 Å². The lowest BCUT2D eigenvalue weighted by molar-refractivity contribution is 0.0951. The lowest BCUT2D eigenvalue weighted by Crippen LogP contribution is -2.20. The third-order valence-corrected chi connectivity index (χ3v) is 7.93. The van der Waals surface area contributed by atoms with Crippen molar-refractivity contribution in [1.29, 1.82) is 0 Å². The minimum absolute atomic E-state index is 0.0453. The van der Waals surface area contributed by atoms with Crippen LogP contribution in [0.25, 0.3) is 22.2 Å². The maximum atomic E-state index is 13.8. The van der Waals surface area contributed by atoms with Crippen LogP contribution in [-0.4, -0.2) is 29.9 Å². The van der Waals surface area contributed by atoms with Crippen molar-refractivity contribution in [3.63, 3.8) is 0 Å². The maximum Gasteiger partial charge on any atom is 0.280 e. The Kier molecular flexibility index (Phi) is 5.06. The number of benzene rings is 4. The number of aryl methyl sites for hydroxylation is 1. The summed E-state index contributed by atoms with van der Waals surface area (Å²) in [5, 5.41) is 5.16. The Balaban J connectivity index is 1.47. The minimum Gasteiger partial charge on any atom is -0.289 e. The summed E-state index contributed by atoms with van der Waals surface area (Å²) in [4.78, 5) is 26.8. The van der Waals surface area contributed by atoms with Gasteiger partial charge >= 0.3 is 0 Å².